The van der Waals surface area contributed by atoms with Crippen LogP contribution in [0, 0.1) is 5.82 Å². The third-order valence-electron chi connectivity index (χ3n) is 4.83. The van der Waals surface area contributed by atoms with Crippen LogP contribution in [0.4, 0.5) is 4.39 Å². The standard InChI is InChI=1S/C23H17ClFN3O2/c24-18-10-8-16(9-11-18)21-20(26-22(29)17-4-2-1-3-5-17)23(30)27-28(21)14-15-6-12-19(25)13-7-15/h1-14,20-21H,(H-,26,27,29,30)/p+1/b28-14-/t20-,21+/m0/s1. The molecule has 2 amide bonds. The molecule has 0 spiro atoms. The summed E-state index contributed by atoms with van der Waals surface area (Å²) in [6, 6.07) is 20.3. The molecule has 1 aliphatic rings. The molecule has 0 aromatic heterocycles. The minimum Gasteiger partial charge on any atom is -0.334 e. The first kappa shape index (κ1) is 19.8. The molecule has 1 fully saturated rings. The molecule has 3 aromatic rings. The predicted molar refractivity (Wildman–Crippen MR) is 112 cm³/mol. The number of nitrogens with one attached hydrogen (secondary N) is 2. The summed E-state index contributed by atoms with van der Waals surface area (Å²) in [5.74, 6) is -1.05. The number of hydrazine groups is 1. The zero-order chi connectivity index (χ0) is 21.1. The van der Waals surface area contributed by atoms with Crippen LogP contribution in [0.25, 0.3) is 0 Å². The van der Waals surface area contributed by atoms with Gasteiger partial charge in [0.1, 0.15) is 5.82 Å². The number of amides is 2. The molecule has 0 aliphatic carbocycles. The first-order valence-electron chi connectivity index (χ1n) is 9.32. The van der Waals surface area contributed by atoms with Crippen LogP contribution in [-0.4, -0.2) is 28.8 Å². The zero-order valence-electron chi connectivity index (χ0n) is 15.8. The second-order valence-corrected chi connectivity index (χ2v) is 7.31. The van der Waals surface area contributed by atoms with Gasteiger partial charge in [0.05, 0.1) is 0 Å². The number of nitrogens with zero attached hydrogens (tertiary/aromatic N) is 1. The minimum absolute atomic E-state index is 0.347. The lowest BCUT2D eigenvalue weighted by Gasteiger charge is -2.14. The molecule has 30 heavy (non-hydrogen) atoms. The first-order valence-corrected chi connectivity index (χ1v) is 9.70. The summed E-state index contributed by atoms with van der Waals surface area (Å²) in [7, 11) is 0. The van der Waals surface area contributed by atoms with Crippen molar-refractivity contribution in [1.82, 2.24) is 10.7 Å². The quantitative estimate of drug-likeness (QED) is 0.632. The van der Waals surface area contributed by atoms with Gasteiger partial charge < -0.3 is 5.32 Å². The van der Waals surface area contributed by atoms with Crippen molar-refractivity contribution in [1.29, 1.82) is 0 Å². The van der Waals surface area contributed by atoms with Crippen LogP contribution in [0.2, 0.25) is 5.02 Å². The fourth-order valence-electron chi connectivity index (χ4n) is 3.36. The number of hydrogen-bond acceptors (Lipinski definition) is 2. The number of hydrogen-bond donors (Lipinski definition) is 2. The van der Waals surface area contributed by atoms with Gasteiger partial charge in [-0.1, -0.05) is 41.9 Å². The molecule has 2 N–H and O–H groups in total. The molecule has 2 atom stereocenters. The summed E-state index contributed by atoms with van der Waals surface area (Å²) in [4.78, 5) is 25.5. The van der Waals surface area contributed by atoms with Gasteiger partial charge in [0.25, 0.3) is 5.91 Å². The van der Waals surface area contributed by atoms with Gasteiger partial charge in [0.2, 0.25) is 12.3 Å². The summed E-state index contributed by atoms with van der Waals surface area (Å²) in [5, 5.41) is 3.39. The average Bonchev–Trinajstić information content (AvgIpc) is 3.05. The van der Waals surface area contributed by atoms with E-state index < -0.39 is 12.1 Å². The zero-order valence-corrected chi connectivity index (χ0v) is 16.5. The van der Waals surface area contributed by atoms with Crippen LogP contribution < -0.4 is 10.7 Å². The van der Waals surface area contributed by atoms with E-state index in [9.17, 15) is 14.0 Å². The Morgan fingerprint density at radius 1 is 1.00 bits per heavy atom. The van der Waals surface area contributed by atoms with Crippen molar-refractivity contribution < 1.29 is 18.7 Å². The van der Waals surface area contributed by atoms with Crippen molar-refractivity contribution in [3.8, 4) is 0 Å². The molecule has 0 saturated carbocycles. The molecule has 7 heteroatoms. The van der Waals surface area contributed by atoms with Gasteiger partial charge >= 0.3 is 5.91 Å². The van der Waals surface area contributed by atoms with Gasteiger partial charge in [-0.3, -0.25) is 9.59 Å². The Kier molecular flexibility index (Phi) is 5.59. The molecular formula is C23H18ClFN3O2+. The highest BCUT2D eigenvalue weighted by Gasteiger charge is 2.47. The molecule has 0 unspecified atom stereocenters. The predicted octanol–water partition coefficient (Wildman–Crippen LogP) is 3.50. The van der Waals surface area contributed by atoms with Crippen LogP contribution in [0.3, 0.4) is 0 Å². The number of hydrazone groups is 1. The maximum Gasteiger partial charge on any atom is 0.304 e. The highest BCUT2D eigenvalue weighted by atomic mass is 35.5. The van der Waals surface area contributed by atoms with Gasteiger partial charge in [0, 0.05) is 21.7 Å². The highest BCUT2D eigenvalue weighted by Crippen LogP contribution is 2.26. The minimum atomic E-state index is -0.837. The van der Waals surface area contributed by atoms with E-state index in [0.717, 1.165) is 5.56 Å². The lowest BCUT2D eigenvalue weighted by atomic mass is 10.00. The Labute approximate surface area is 177 Å². The SMILES string of the molecule is O=C(N[C@@H]1C(=O)N/[N+](=C\c2ccc(F)cc2)[C@@H]1c1ccc(Cl)cc1)c1ccccc1. The molecule has 1 saturated heterocycles. The number of carbonyl (C=O) groups excluding carboxylic acids is 2. The summed E-state index contributed by atoms with van der Waals surface area (Å²) < 4.78 is 14.9. The van der Waals surface area contributed by atoms with Gasteiger partial charge in [-0.2, -0.15) is 0 Å². The molecule has 5 nitrogen and oxygen atoms in total. The second-order valence-electron chi connectivity index (χ2n) is 6.88. The largest absolute Gasteiger partial charge is 0.334 e. The fourth-order valence-corrected chi connectivity index (χ4v) is 3.49. The third kappa shape index (κ3) is 4.23. The normalized spacial score (nSPS) is 19.5. The van der Waals surface area contributed by atoms with Crippen LogP contribution in [-0.2, 0) is 4.79 Å². The Hall–Kier alpha value is -3.51. The van der Waals surface area contributed by atoms with Crippen molar-refractivity contribution in [3.05, 3.63) is 106 Å². The van der Waals surface area contributed by atoms with Crippen molar-refractivity contribution in [2.75, 3.05) is 0 Å². The van der Waals surface area contributed by atoms with E-state index >= 15 is 0 Å². The number of rotatable bonds is 4. The molecule has 1 aliphatic heterocycles. The smallest absolute Gasteiger partial charge is 0.304 e. The van der Waals surface area contributed by atoms with Gasteiger partial charge in [-0.25, -0.2) is 4.39 Å². The van der Waals surface area contributed by atoms with Gasteiger partial charge in [-0.15, -0.1) is 10.1 Å². The molecule has 150 valence electrons. The lowest BCUT2D eigenvalue weighted by molar-refractivity contribution is -0.596. The Morgan fingerprint density at radius 3 is 2.33 bits per heavy atom. The molecule has 0 radical (unpaired) electrons. The lowest BCUT2D eigenvalue weighted by Crippen LogP contribution is -2.42. The highest BCUT2D eigenvalue weighted by molar-refractivity contribution is 6.30. The van der Waals surface area contributed by atoms with E-state index in [1.807, 2.05) is 6.07 Å². The molecule has 1 heterocycles. The topological polar surface area (TPSA) is 61.2 Å². The van der Waals surface area contributed by atoms with Crippen LogP contribution in [0.1, 0.15) is 27.5 Å². The monoisotopic (exact) mass is 422 g/mol. The summed E-state index contributed by atoms with van der Waals surface area (Å²) >= 11 is 6.02. The Bertz CT molecular complexity index is 1100. The van der Waals surface area contributed by atoms with Crippen LogP contribution in [0.15, 0.2) is 78.9 Å². The van der Waals surface area contributed by atoms with Crippen molar-refractivity contribution >= 4 is 29.6 Å². The summed E-state index contributed by atoms with van der Waals surface area (Å²) in [6.07, 6.45) is 1.70. The van der Waals surface area contributed by atoms with Gasteiger partial charge in [0.15, 0.2) is 6.04 Å². The fraction of sp³-hybridized carbons (Fsp3) is 0.0870. The van der Waals surface area contributed by atoms with E-state index in [4.69, 9.17) is 11.6 Å². The van der Waals surface area contributed by atoms with E-state index in [1.165, 1.54) is 12.1 Å². The summed E-state index contributed by atoms with van der Waals surface area (Å²) in [5.41, 5.74) is 4.73. The Morgan fingerprint density at radius 2 is 1.67 bits per heavy atom. The summed E-state index contributed by atoms with van der Waals surface area (Å²) in [6.45, 7) is 0. The van der Waals surface area contributed by atoms with Crippen LogP contribution in [0.5, 0.6) is 0 Å². The third-order valence-corrected chi connectivity index (χ3v) is 5.08. The van der Waals surface area contributed by atoms with E-state index in [0.29, 0.717) is 16.1 Å². The molecule has 4 rings (SSSR count). The van der Waals surface area contributed by atoms with Crippen LogP contribution >= 0.6 is 11.6 Å². The van der Waals surface area contributed by atoms with Gasteiger partial charge in [-0.05, 0) is 48.5 Å². The number of halogens is 2. The van der Waals surface area contributed by atoms with E-state index in [2.05, 4.69) is 10.7 Å². The number of carbonyl (C=O) groups is 2. The number of benzene rings is 3. The average molecular weight is 423 g/mol. The van der Waals surface area contributed by atoms with Crippen molar-refractivity contribution in [2.45, 2.75) is 12.1 Å². The van der Waals surface area contributed by atoms with Crippen molar-refractivity contribution in [3.63, 3.8) is 0 Å². The Balaban J connectivity index is 1.70. The maximum absolute atomic E-state index is 13.3. The maximum atomic E-state index is 13.3. The van der Waals surface area contributed by atoms with E-state index in [-0.39, 0.29) is 17.6 Å². The molecular weight excluding hydrogens is 405 g/mol. The van der Waals surface area contributed by atoms with E-state index in [1.54, 1.807) is 71.6 Å². The van der Waals surface area contributed by atoms with Crippen molar-refractivity contribution in [2.24, 2.45) is 0 Å². The molecule has 0 bridgehead atoms. The molecule has 3 aromatic carbocycles. The second kappa shape index (κ2) is 8.47. The first-order chi connectivity index (χ1) is 14.5.